The first kappa shape index (κ1) is 17.3. The van der Waals surface area contributed by atoms with E-state index in [1.807, 2.05) is 43.0 Å². The maximum atomic E-state index is 13.1. The minimum absolute atomic E-state index is 0.0175. The summed E-state index contributed by atoms with van der Waals surface area (Å²) in [7, 11) is 1.64. The molecular weight excluding hydrogens is 316 g/mol. The minimum Gasteiger partial charge on any atom is -0.497 e. The van der Waals surface area contributed by atoms with E-state index < -0.39 is 0 Å². The van der Waals surface area contributed by atoms with Crippen molar-refractivity contribution < 1.29 is 14.3 Å². The molecule has 0 bridgehead atoms. The van der Waals surface area contributed by atoms with Crippen molar-refractivity contribution >= 4 is 11.7 Å². The van der Waals surface area contributed by atoms with Gasteiger partial charge in [-0.15, -0.1) is 0 Å². The van der Waals surface area contributed by atoms with Crippen LogP contribution in [0.1, 0.15) is 63.5 Å². The Balaban J connectivity index is 1.94. The molecule has 1 fully saturated rings. The van der Waals surface area contributed by atoms with Crippen molar-refractivity contribution in [2.24, 2.45) is 0 Å². The molecule has 2 aromatic rings. The number of ketones is 1. The number of carbonyl (C=O) groups excluding carboxylic acids is 2. The molecule has 5 heteroatoms. The van der Waals surface area contributed by atoms with Crippen LogP contribution in [0.4, 0.5) is 0 Å². The molecule has 3 rings (SSSR count). The second-order valence-corrected chi connectivity index (χ2v) is 6.61. The topological polar surface area (TPSA) is 62.4 Å². The molecular formula is C20H24N2O3. The van der Waals surface area contributed by atoms with Gasteiger partial charge in [-0.2, -0.15) is 0 Å². The first-order valence-electron chi connectivity index (χ1n) is 8.59. The van der Waals surface area contributed by atoms with Gasteiger partial charge < -0.3 is 14.6 Å². The van der Waals surface area contributed by atoms with Gasteiger partial charge in [-0.1, -0.05) is 12.1 Å². The number of hydrogen-bond acceptors (Lipinski definition) is 3. The second-order valence-electron chi connectivity index (χ2n) is 6.61. The highest BCUT2D eigenvalue weighted by Gasteiger charge is 2.33. The highest BCUT2D eigenvalue weighted by Crippen LogP contribution is 2.35. The lowest BCUT2D eigenvalue weighted by Gasteiger charge is -2.25. The Morgan fingerprint density at radius 2 is 2.04 bits per heavy atom. The van der Waals surface area contributed by atoms with Crippen LogP contribution in [0.25, 0.3) is 0 Å². The van der Waals surface area contributed by atoms with E-state index >= 15 is 0 Å². The van der Waals surface area contributed by atoms with Crippen molar-refractivity contribution in [1.82, 2.24) is 9.88 Å². The van der Waals surface area contributed by atoms with Crippen LogP contribution >= 0.6 is 0 Å². The number of amides is 1. The smallest absolute Gasteiger partial charge is 0.271 e. The molecule has 1 N–H and O–H groups in total. The number of rotatable bonds is 4. The number of aromatic nitrogens is 1. The number of ether oxygens (including phenoxy) is 1. The van der Waals surface area contributed by atoms with Crippen molar-refractivity contribution in [1.29, 1.82) is 0 Å². The van der Waals surface area contributed by atoms with Gasteiger partial charge >= 0.3 is 0 Å². The summed E-state index contributed by atoms with van der Waals surface area (Å²) in [6.07, 6.45) is 1.89. The maximum Gasteiger partial charge on any atom is 0.271 e. The van der Waals surface area contributed by atoms with Gasteiger partial charge in [-0.3, -0.25) is 9.59 Å². The Kier molecular flexibility index (Phi) is 4.66. The first-order valence-corrected chi connectivity index (χ1v) is 8.59. The number of likely N-dealkylation sites (tertiary alicyclic amines) is 1. The van der Waals surface area contributed by atoms with Crippen molar-refractivity contribution in [3.8, 4) is 5.75 Å². The second kappa shape index (κ2) is 6.75. The van der Waals surface area contributed by atoms with Crippen LogP contribution in [0.2, 0.25) is 0 Å². The summed E-state index contributed by atoms with van der Waals surface area (Å²) in [6.45, 7) is 5.92. The number of methoxy groups -OCH3 is 1. The van der Waals surface area contributed by atoms with Gasteiger partial charge in [-0.25, -0.2) is 0 Å². The summed E-state index contributed by atoms with van der Waals surface area (Å²) >= 11 is 0. The molecule has 1 aliphatic heterocycles. The number of hydrogen-bond donors (Lipinski definition) is 1. The zero-order valence-electron chi connectivity index (χ0n) is 15.2. The minimum atomic E-state index is -0.0431. The Hall–Kier alpha value is -2.56. The number of aryl methyl sites for hydroxylation is 1. The van der Waals surface area contributed by atoms with Gasteiger partial charge in [0.25, 0.3) is 5.91 Å². The fourth-order valence-corrected chi connectivity index (χ4v) is 3.84. The number of aromatic amines is 1. The zero-order chi connectivity index (χ0) is 18.1. The van der Waals surface area contributed by atoms with Gasteiger partial charge in [0.2, 0.25) is 0 Å². The quantitative estimate of drug-likeness (QED) is 0.861. The summed E-state index contributed by atoms with van der Waals surface area (Å²) in [4.78, 5) is 30.0. The van der Waals surface area contributed by atoms with Gasteiger partial charge in [-0.05, 0) is 56.9 Å². The molecule has 1 atom stereocenters. The Bertz CT molecular complexity index is 822. The summed E-state index contributed by atoms with van der Waals surface area (Å²) in [5, 5.41) is 0. The molecule has 1 aromatic carbocycles. The average molecular weight is 340 g/mol. The fourth-order valence-electron chi connectivity index (χ4n) is 3.84. The predicted molar refractivity (Wildman–Crippen MR) is 96.3 cm³/mol. The number of nitrogens with one attached hydrogen (secondary N) is 1. The maximum absolute atomic E-state index is 13.1. The third kappa shape index (κ3) is 3.06. The molecule has 0 saturated carbocycles. The lowest BCUT2D eigenvalue weighted by molar-refractivity contribution is 0.0729. The standard InChI is InChI=1S/C20H24N2O3/c1-12-18(14(3)23)13(2)21-19(12)20(24)22-10-6-9-17(22)15-7-5-8-16(11-15)25-4/h5,7-8,11,17,21H,6,9-10H2,1-4H3. The molecule has 1 aliphatic rings. The highest BCUT2D eigenvalue weighted by molar-refractivity contribution is 6.02. The number of nitrogens with zero attached hydrogens (tertiary/aromatic N) is 1. The summed E-state index contributed by atoms with van der Waals surface area (Å²) in [6, 6.07) is 7.91. The number of H-pyrrole nitrogens is 1. The lowest BCUT2D eigenvalue weighted by Crippen LogP contribution is -2.31. The van der Waals surface area contributed by atoms with E-state index in [0.29, 0.717) is 17.8 Å². The fraction of sp³-hybridized carbons (Fsp3) is 0.400. The molecule has 1 aromatic heterocycles. The van der Waals surface area contributed by atoms with Crippen LogP contribution in [0.15, 0.2) is 24.3 Å². The average Bonchev–Trinajstić information content (AvgIpc) is 3.19. The van der Waals surface area contributed by atoms with Crippen molar-refractivity contribution in [2.45, 2.75) is 39.7 Å². The van der Waals surface area contributed by atoms with Crippen molar-refractivity contribution in [2.75, 3.05) is 13.7 Å². The molecule has 0 radical (unpaired) electrons. The third-order valence-electron chi connectivity index (χ3n) is 5.00. The van der Waals surface area contributed by atoms with E-state index in [4.69, 9.17) is 4.74 Å². The summed E-state index contributed by atoms with van der Waals surface area (Å²) < 4.78 is 5.31. The molecule has 1 unspecified atom stereocenters. The van der Waals surface area contributed by atoms with Crippen LogP contribution in [0, 0.1) is 13.8 Å². The molecule has 2 heterocycles. The zero-order valence-corrected chi connectivity index (χ0v) is 15.2. The predicted octanol–water partition coefficient (Wildman–Crippen LogP) is 3.82. The molecule has 1 amide bonds. The summed E-state index contributed by atoms with van der Waals surface area (Å²) in [5.74, 6) is 0.733. The molecule has 0 spiro atoms. The van der Waals surface area contributed by atoms with E-state index in [2.05, 4.69) is 4.98 Å². The largest absolute Gasteiger partial charge is 0.497 e. The lowest BCUT2D eigenvalue weighted by atomic mass is 10.0. The normalized spacial score (nSPS) is 17.0. The first-order chi connectivity index (χ1) is 11.9. The van der Waals surface area contributed by atoms with E-state index in [-0.39, 0.29) is 17.7 Å². The SMILES string of the molecule is COc1cccc(C2CCCN2C(=O)c2[nH]c(C)c(C(C)=O)c2C)c1. The van der Waals surface area contributed by atoms with E-state index in [1.54, 1.807) is 7.11 Å². The van der Waals surface area contributed by atoms with Gasteiger partial charge in [0.1, 0.15) is 11.4 Å². The Morgan fingerprint density at radius 3 is 2.68 bits per heavy atom. The van der Waals surface area contributed by atoms with Gasteiger partial charge in [0, 0.05) is 17.8 Å². The highest BCUT2D eigenvalue weighted by atomic mass is 16.5. The van der Waals surface area contributed by atoms with Crippen LogP contribution in [-0.4, -0.2) is 35.2 Å². The Morgan fingerprint density at radius 1 is 1.28 bits per heavy atom. The monoisotopic (exact) mass is 340 g/mol. The molecule has 0 aliphatic carbocycles. The number of carbonyl (C=O) groups is 2. The van der Waals surface area contributed by atoms with Crippen LogP contribution in [0.5, 0.6) is 5.75 Å². The molecule has 132 valence electrons. The molecule has 25 heavy (non-hydrogen) atoms. The number of Topliss-reactive ketones (excluding diaryl/α,β-unsaturated/α-hetero) is 1. The number of benzene rings is 1. The van der Waals surface area contributed by atoms with Crippen LogP contribution < -0.4 is 4.74 Å². The molecule has 5 nitrogen and oxygen atoms in total. The third-order valence-corrected chi connectivity index (χ3v) is 5.00. The van der Waals surface area contributed by atoms with Crippen molar-refractivity contribution in [3.05, 3.63) is 52.3 Å². The van der Waals surface area contributed by atoms with E-state index in [0.717, 1.165) is 35.4 Å². The van der Waals surface area contributed by atoms with E-state index in [1.165, 1.54) is 6.92 Å². The van der Waals surface area contributed by atoms with Crippen molar-refractivity contribution in [3.63, 3.8) is 0 Å². The van der Waals surface area contributed by atoms with Gasteiger partial charge in [0.05, 0.1) is 13.2 Å². The molecule has 1 saturated heterocycles. The van der Waals surface area contributed by atoms with Crippen LogP contribution in [-0.2, 0) is 0 Å². The van der Waals surface area contributed by atoms with Gasteiger partial charge in [0.15, 0.2) is 5.78 Å². The Labute approximate surface area is 148 Å². The summed E-state index contributed by atoms with van der Waals surface area (Å²) in [5.41, 5.74) is 3.73. The van der Waals surface area contributed by atoms with E-state index in [9.17, 15) is 9.59 Å². The van der Waals surface area contributed by atoms with Crippen LogP contribution in [0.3, 0.4) is 0 Å².